The lowest BCUT2D eigenvalue weighted by molar-refractivity contribution is 0.375. The zero-order chi connectivity index (χ0) is 7.84. The average Bonchev–Trinajstić information content (AvgIpc) is 2.30. The first-order chi connectivity index (χ1) is 5.29. The van der Waals surface area contributed by atoms with Crippen LogP contribution in [-0.4, -0.2) is 11.1 Å². The molecule has 1 unspecified atom stereocenters. The van der Waals surface area contributed by atoms with E-state index in [1.807, 2.05) is 0 Å². The zero-order valence-electron chi connectivity index (χ0n) is 6.83. The summed E-state index contributed by atoms with van der Waals surface area (Å²) in [7, 11) is 0. The second kappa shape index (κ2) is 2.16. The molecule has 2 heterocycles. The van der Waals surface area contributed by atoms with Gasteiger partial charge in [-0.3, -0.25) is 0 Å². The van der Waals surface area contributed by atoms with Crippen LogP contribution in [0.4, 0.5) is 0 Å². The summed E-state index contributed by atoms with van der Waals surface area (Å²) in [6, 6.07) is 0. The third-order valence-corrected chi connectivity index (χ3v) is 2.12. The van der Waals surface area contributed by atoms with Crippen LogP contribution < -0.4 is 5.32 Å². The number of rotatable bonds is 0. The normalized spacial score (nSPS) is 27.5. The molecule has 0 amide bonds. The molecule has 0 aliphatic carbocycles. The Bertz CT molecular complexity index is 261. The molecule has 2 nitrogen and oxygen atoms in total. The fourth-order valence-electron chi connectivity index (χ4n) is 1.57. The van der Waals surface area contributed by atoms with Crippen molar-refractivity contribution < 1.29 is 0 Å². The van der Waals surface area contributed by atoms with Crippen molar-refractivity contribution >= 4 is 0 Å². The highest BCUT2D eigenvalue weighted by molar-refractivity contribution is 5.34. The van der Waals surface area contributed by atoms with E-state index in [0.29, 0.717) is 6.17 Å². The number of hydrogen-bond acceptors (Lipinski definition) is 2. The molecule has 0 fully saturated rings. The van der Waals surface area contributed by atoms with Gasteiger partial charge >= 0.3 is 0 Å². The van der Waals surface area contributed by atoms with Crippen molar-refractivity contribution in [1.82, 2.24) is 10.2 Å². The standard InChI is InChI=1S/C9H12N2/c1-7-9-5-3-4-6-11(9)8(2)10-7/h3-6,8,10H,1-2H3. The van der Waals surface area contributed by atoms with E-state index in [1.165, 1.54) is 11.4 Å². The molecule has 0 spiro atoms. The van der Waals surface area contributed by atoms with Gasteiger partial charge in [0.2, 0.25) is 0 Å². The van der Waals surface area contributed by atoms with Crippen molar-refractivity contribution in [3.8, 4) is 0 Å². The molecule has 0 bridgehead atoms. The van der Waals surface area contributed by atoms with Gasteiger partial charge in [-0.2, -0.15) is 0 Å². The van der Waals surface area contributed by atoms with E-state index in [4.69, 9.17) is 0 Å². The molecule has 2 rings (SSSR count). The maximum atomic E-state index is 3.36. The van der Waals surface area contributed by atoms with E-state index < -0.39 is 0 Å². The summed E-state index contributed by atoms with van der Waals surface area (Å²) in [6.07, 6.45) is 8.76. The van der Waals surface area contributed by atoms with Crippen molar-refractivity contribution in [3.05, 3.63) is 35.8 Å². The van der Waals surface area contributed by atoms with Crippen LogP contribution in [0.1, 0.15) is 13.8 Å². The summed E-state index contributed by atoms with van der Waals surface area (Å²) in [4.78, 5) is 2.23. The van der Waals surface area contributed by atoms with Crippen LogP contribution >= 0.6 is 0 Å². The largest absolute Gasteiger partial charge is 0.367 e. The van der Waals surface area contributed by atoms with Crippen molar-refractivity contribution in [1.29, 1.82) is 0 Å². The molecule has 0 aromatic rings. The van der Waals surface area contributed by atoms with Crippen LogP contribution in [0.25, 0.3) is 0 Å². The summed E-state index contributed by atoms with van der Waals surface area (Å²) in [5.74, 6) is 0. The van der Waals surface area contributed by atoms with Gasteiger partial charge in [0.25, 0.3) is 0 Å². The minimum atomic E-state index is 0.409. The Morgan fingerprint density at radius 2 is 2.27 bits per heavy atom. The van der Waals surface area contributed by atoms with E-state index >= 15 is 0 Å². The molecule has 2 aliphatic rings. The average molecular weight is 148 g/mol. The predicted octanol–water partition coefficient (Wildman–Crippen LogP) is 1.55. The lowest BCUT2D eigenvalue weighted by Crippen LogP contribution is -2.30. The van der Waals surface area contributed by atoms with Crippen LogP contribution in [0.5, 0.6) is 0 Å². The van der Waals surface area contributed by atoms with E-state index in [0.717, 1.165) is 0 Å². The second-order valence-corrected chi connectivity index (χ2v) is 2.94. The summed E-state index contributed by atoms with van der Waals surface area (Å²) in [5, 5.41) is 3.36. The Hall–Kier alpha value is -1.18. The minimum absolute atomic E-state index is 0.409. The lowest BCUT2D eigenvalue weighted by atomic mass is 10.2. The maximum absolute atomic E-state index is 3.36. The summed E-state index contributed by atoms with van der Waals surface area (Å²) in [5.41, 5.74) is 2.55. The Balaban J connectivity index is 2.38. The number of nitrogens with one attached hydrogen (secondary N) is 1. The molecule has 1 N–H and O–H groups in total. The zero-order valence-corrected chi connectivity index (χ0v) is 6.83. The third kappa shape index (κ3) is 0.862. The molecule has 0 aromatic heterocycles. The van der Waals surface area contributed by atoms with Crippen LogP contribution in [0.15, 0.2) is 35.8 Å². The van der Waals surface area contributed by atoms with Gasteiger partial charge < -0.3 is 10.2 Å². The van der Waals surface area contributed by atoms with Crippen molar-refractivity contribution in [3.63, 3.8) is 0 Å². The summed E-state index contributed by atoms with van der Waals surface area (Å²) < 4.78 is 0. The molecule has 0 saturated carbocycles. The molecule has 0 radical (unpaired) electrons. The third-order valence-electron chi connectivity index (χ3n) is 2.12. The molecule has 1 atom stereocenters. The summed E-state index contributed by atoms with van der Waals surface area (Å²) >= 11 is 0. The highest BCUT2D eigenvalue weighted by atomic mass is 15.3. The number of allylic oxidation sites excluding steroid dienone is 4. The summed E-state index contributed by atoms with van der Waals surface area (Å²) in [6.45, 7) is 4.26. The van der Waals surface area contributed by atoms with Gasteiger partial charge in [0, 0.05) is 11.9 Å². The van der Waals surface area contributed by atoms with E-state index in [-0.39, 0.29) is 0 Å². The van der Waals surface area contributed by atoms with Gasteiger partial charge in [0.05, 0.1) is 5.70 Å². The first-order valence-electron chi connectivity index (χ1n) is 3.89. The van der Waals surface area contributed by atoms with Crippen molar-refractivity contribution in [2.75, 3.05) is 0 Å². The number of hydrogen-bond donors (Lipinski definition) is 1. The molecule has 0 aromatic carbocycles. The molecule has 11 heavy (non-hydrogen) atoms. The second-order valence-electron chi connectivity index (χ2n) is 2.94. The van der Waals surface area contributed by atoms with E-state index in [2.05, 4.69) is 48.5 Å². The highest BCUT2D eigenvalue weighted by Gasteiger charge is 2.22. The molecule has 2 aliphatic heterocycles. The van der Waals surface area contributed by atoms with Crippen LogP contribution in [0.2, 0.25) is 0 Å². The van der Waals surface area contributed by atoms with Crippen molar-refractivity contribution in [2.24, 2.45) is 0 Å². The number of nitrogens with zero attached hydrogens (tertiary/aromatic N) is 1. The maximum Gasteiger partial charge on any atom is 0.100 e. The Morgan fingerprint density at radius 1 is 1.45 bits per heavy atom. The molecule has 0 saturated heterocycles. The van der Waals surface area contributed by atoms with Gasteiger partial charge in [-0.15, -0.1) is 0 Å². The smallest absolute Gasteiger partial charge is 0.100 e. The quantitative estimate of drug-likeness (QED) is 0.560. The molecule has 58 valence electrons. The Labute approximate surface area is 66.9 Å². The van der Waals surface area contributed by atoms with Crippen LogP contribution in [-0.2, 0) is 0 Å². The van der Waals surface area contributed by atoms with E-state index in [1.54, 1.807) is 0 Å². The van der Waals surface area contributed by atoms with Gasteiger partial charge in [0.1, 0.15) is 6.17 Å². The monoisotopic (exact) mass is 148 g/mol. The first-order valence-corrected chi connectivity index (χ1v) is 3.89. The lowest BCUT2D eigenvalue weighted by Gasteiger charge is -2.22. The molecular formula is C9H12N2. The van der Waals surface area contributed by atoms with Crippen LogP contribution in [0.3, 0.4) is 0 Å². The SMILES string of the molecule is CC1=C2C=CC=CN2C(C)N1. The Morgan fingerprint density at radius 3 is 3.00 bits per heavy atom. The fraction of sp³-hybridized carbons (Fsp3) is 0.333. The van der Waals surface area contributed by atoms with E-state index in [9.17, 15) is 0 Å². The fourth-order valence-corrected chi connectivity index (χ4v) is 1.57. The van der Waals surface area contributed by atoms with Crippen molar-refractivity contribution in [2.45, 2.75) is 20.0 Å². The van der Waals surface area contributed by atoms with Gasteiger partial charge in [-0.25, -0.2) is 0 Å². The Kier molecular flexibility index (Phi) is 1.28. The molecule has 2 heteroatoms. The van der Waals surface area contributed by atoms with Crippen LogP contribution in [0, 0.1) is 0 Å². The first kappa shape index (κ1) is 6.53. The minimum Gasteiger partial charge on any atom is -0.367 e. The van der Waals surface area contributed by atoms with Gasteiger partial charge in [0.15, 0.2) is 0 Å². The number of fused-ring (bicyclic) bond motifs is 1. The topological polar surface area (TPSA) is 15.3 Å². The van der Waals surface area contributed by atoms with Gasteiger partial charge in [-0.05, 0) is 26.0 Å². The predicted molar refractivity (Wildman–Crippen MR) is 45.4 cm³/mol. The highest BCUT2D eigenvalue weighted by Crippen LogP contribution is 2.23. The van der Waals surface area contributed by atoms with Gasteiger partial charge in [-0.1, -0.05) is 6.08 Å². The molecular weight excluding hydrogens is 136 g/mol.